The van der Waals surface area contributed by atoms with E-state index in [4.69, 9.17) is 0 Å². The molecule has 0 aromatic carbocycles. The molecule has 6 radical (unpaired) electrons. The molecule has 0 spiro atoms. The first-order chi connectivity index (χ1) is 0. The predicted octanol–water partition coefficient (Wildman–Crippen LogP) is -7.53. The van der Waals surface area contributed by atoms with E-state index in [1.54, 1.807) is 0 Å². The fourth-order valence-corrected chi connectivity index (χ4v) is 0. The quantitative estimate of drug-likeness (QED) is 0.204. The van der Waals surface area contributed by atoms with E-state index in [2.05, 4.69) is 0 Å². The molecule has 232 valence electrons. The maximum absolute atomic E-state index is 0. The van der Waals surface area contributed by atoms with Crippen molar-refractivity contribution in [3.63, 3.8) is 0 Å². The molecule has 0 heterocycles. The Hall–Kier alpha value is 18.5. The van der Waals surface area contributed by atoms with Crippen LogP contribution in [0.15, 0.2) is 0 Å². The van der Waals surface area contributed by atoms with Gasteiger partial charge in [0.1, 0.15) is 0 Å². The van der Waals surface area contributed by atoms with Crippen LogP contribution in [-0.4, -0.2) is 485 Å². The molecular weight excluding hydrogens is 1680 g/mol. The van der Waals surface area contributed by atoms with E-state index in [-0.39, 0.29) is 760 Å². The van der Waals surface area contributed by atoms with Gasteiger partial charge in [-0.25, -0.2) is 0 Å². The van der Waals surface area contributed by atoms with Crippen LogP contribution in [0.5, 0.6) is 0 Å². The molecule has 0 aliphatic heterocycles. The minimum Gasteiger partial charge on any atom is -2.00 e. The van der Waals surface area contributed by atoms with Gasteiger partial charge in [-0.3, -0.25) is 0 Å². The molecule has 0 N–H and O–H groups in total. The molecule has 46 heavy (non-hydrogen) atoms. The van der Waals surface area contributed by atoms with Crippen molar-refractivity contribution in [3.05, 3.63) is 0 Å². The summed E-state index contributed by atoms with van der Waals surface area (Å²) in [5.41, 5.74) is 0. The van der Waals surface area contributed by atoms with E-state index in [1.165, 1.54) is 0 Å². The summed E-state index contributed by atoms with van der Waals surface area (Å²) in [5, 5.41) is 0. The third-order valence-electron chi connectivity index (χ3n) is 0. The van der Waals surface area contributed by atoms with E-state index in [0.717, 1.165) is 0 Å². The molecule has 0 saturated heterocycles. The summed E-state index contributed by atoms with van der Waals surface area (Å²) in [6, 6.07) is 0. The summed E-state index contributed by atoms with van der Waals surface area (Å²) in [6.07, 6.45) is 0. The van der Waals surface area contributed by atoms with Crippen molar-refractivity contribution in [2.45, 2.75) is 0 Å². The standard InChI is InChI=1S/2Ca.7Cr.28O.9Sr/q2*+2;+4;6*+5;28*-2;9*+2. The Bertz CT molecular complexity index is 69.3. The summed E-state index contributed by atoms with van der Waals surface area (Å²) in [5.74, 6) is 0. The van der Waals surface area contributed by atoms with Crippen LogP contribution in [0.25, 0.3) is 0 Å². The van der Waals surface area contributed by atoms with Crippen LogP contribution in [-0.2, 0) is 275 Å². The minimum absolute atomic E-state index is 0. The van der Waals surface area contributed by atoms with Gasteiger partial charge in [-0.2, -0.15) is 0 Å². The van der Waals surface area contributed by atoms with Gasteiger partial charge >= 0.3 is 606 Å². The Morgan fingerprint density at radius 1 is 0.109 bits per heavy atom. The average Bonchev–Trinajstić information content (AvgIpc) is 0. The van der Waals surface area contributed by atoms with Crippen LogP contribution in [0.1, 0.15) is 0 Å². The topological polar surface area (TPSA) is 798 Å². The maximum atomic E-state index is 0. The summed E-state index contributed by atoms with van der Waals surface area (Å²) in [4.78, 5) is 0. The first-order valence-corrected chi connectivity index (χ1v) is 0. The molecule has 0 aliphatic carbocycles. The fourth-order valence-electron chi connectivity index (χ4n) is 0. The van der Waals surface area contributed by atoms with Gasteiger partial charge in [0, 0.05) is 0 Å². The maximum Gasteiger partial charge on any atom is 5.00 e. The van der Waals surface area contributed by atoms with Crippen molar-refractivity contribution in [2.24, 2.45) is 0 Å². The van der Waals surface area contributed by atoms with Gasteiger partial charge < -0.3 is 153 Å². The SMILES string of the molecule is [Ca+2].[Ca+2].[Cr+4].[Cr+5].[Cr+5].[Cr+5].[Cr+5].[Cr+5].[Cr+5].[O-2].[O-2].[O-2].[O-2].[O-2].[O-2].[O-2].[O-2].[O-2].[O-2].[O-2].[O-2].[O-2].[O-2].[O-2].[O-2].[O-2].[O-2].[O-2].[O-2].[O-2].[O-2].[O-2].[O-2].[O-2].[O-2].[O-2].[O-2].[Sr+2].[Sr+2].[Sr+2].[Sr+2].[Sr+2].[Sr+2].[Sr+2].[Sr+2].[Sr+2]. The third kappa shape index (κ3) is 693. The van der Waals surface area contributed by atoms with Crippen molar-refractivity contribution >= 4 is 485 Å². The molecule has 0 aromatic heterocycles. The van der Waals surface area contributed by atoms with E-state index in [0.29, 0.717) is 0 Å². The van der Waals surface area contributed by atoms with Gasteiger partial charge in [-0.1, -0.05) is 0 Å². The molecule has 0 bridgehead atoms. The number of rotatable bonds is 0. The molecule has 0 saturated carbocycles. The van der Waals surface area contributed by atoms with E-state index in [1.807, 2.05) is 0 Å². The second-order valence-electron chi connectivity index (χ2n) is 0. The molecule has 0 atom stereocenters. The van der Waals surface area contributed by atoms with Gasteiger partial charge in [0.2, 0.25) is 0 Å². The number of hydrogen-bond donors (Lipinski definition) is 0. The number of hydrogen-bond acceptors (Lipinski definition) is 0. The second kappa shape index (κ2) is 727. The average molecular weight is 1680 g/mol. The molecule has 0 rings (SSSR count). The van der Waals surface area contributed by atoms with Gasteiger partial charge in [0.25, 0.3) is 0 Å². The predicted molar refractivity (Wildman–Crippen MR) is 82.5 cm³/mol. The van der Waals surface area contributed by atoms with Crippen molar-refractivity contribution in [1.29, 1.82) is 0 Å². The van der Waals surface area contributed by atoms with Crippen molar-refractivity contribution < 1.29 is 275 Å². The van der Waals surface area contributed by atoms with Crippen LogP contribution in [0.2, 0.25) is 0 Å². The largest absolute Gasteiger partial charge is 5.00 e. The van der Waals surface area contributed by atoms with Gasteiger partial charge in [-0.15, -0.1) is 0 Å². The van der Waals surface area contributed by atoms with E-state index < -0.39 is 0 Å². The molecule has 28 nitrogen and oxygen atoms in total. The summed E-state index contributed by atoms with van der Waals surface area (Å²) < 4.78 is 0. The van der Waals surface area contributed by atoms with Crippen LogP contribution in [0.3, 0.4) is 0 Å². The second-order valence-corrected chi connectivity index (χ2v) is 0. The zero-order valence-corrected chi connectivity index (χ0v) is 66.7. The normalized spacial score (nSPS) is 0. The Morgan fingerprint density at radius 3 is 0.109 bits per heavy atom. The summed E-state index contributed by atoms with van der Waals surface area (Å²) >= 11 is 0. The van der Waals surface area contributed by atoms with Crippen molar-refractivity contribution in [3.8, 4) is 0 Å². The summed E-state index contributed by atoms with van der Waals surface area (Å²) in [6.45, 7) is 0. The van der Waals surface area contributed by atoms with Crippen LogP contribution < -0.4 is 0 Å². The first-order valence-electron chi connectivity index (χ1n) is 0. The first kappa shape index (κ1) is 762. The molecule has 0 fully saturated rings. The van der Waals surface area contributed by atoms with Gasteiger partial charge in [-0.05, 0) is 0 Å². The Kier molecular flexibility index (Phi) is 12000. The van der Waals surface area contributed by atoms with Gasteiger partial charge in [0.15, 0.2) is 0 Å². The Labute approximate surface area is 736 Å². The van der Waals surface area contributed by atoms with Crippen LogP contribution in [0.4, 0.5) is 0 Å². The van der Waals surface area contributed by atoms with Gasteiger partial charge in [0.05, 0.1) is 0 Å². The molecule has 0 aromatic rings. The molecule has 0 aliphatic rings. The third-order valence-corrected chi connectivity index (χ3v) is 0. The molecule has 0 unspecified atom stereocenters. The summed E-state index contributed by atoms with van der Waals surface area (Å²) in [7, 11) is 0. The van der Waals surface area contributed by atoms with Crippen LogP contribution in [0, 0.1) is 0 Å². The Morgan fingerprint density at radius 2 is 0.109 bits per heavy atom. The fraction of sp³-hybridized carbons (Fsp3) is 0. The van der Waals surface area contributed by atoms with E-state index in [9.17, 15) is 0 Å². The van der Waals surface area contributed by atoms with Crippen molar-refractivity contribution in [2.75, 3.05) is 0 Å². The van der Waals surface area contributed by atoms with Crippen LogP contribution >= 0.6 is 0 Å². The molecule has 0 amide bonds. The zero-order valence-electron chi connectivity index (χ0n) is 22.1. The zero-order chi connectivity index (χ0) is 0. The van der Waals surface area contributed by atoms with Crippen molar-refractivity contribution in [1.82, 2.24) is 0 Å². The van der Waals surface area contributed by atoms with E-state index >= 15 is 0 Å². The monoisotopic (exact) mass is 1680 g/mol. The minimum atomic E-state index is 0. The smallest absolute Gasteiger partial charge is 2.00 e. The molecular formula is Ca2Cr7O28Sr9. The molecule has 46 heteroatoms. The Balaban J connectivity index is 0.